The van der Waals surface area contributed by atoms with Gasteiger partial charge in [-0.05, 0) is 19.8 Å². The normalized spacial score (nSPS) is 21.9. The van der Waals surface area contributed by atoms with E-state index in [9.17, 15) is 22.0 Å². The highest BCUT2D eigenvalue weighted by molar-refractivity contribution is 7.85. The third-order valence-electron chi connectivity index (χ3n) is 3.20. The molecule has 0 radical (unpaired) electrons. The topological polar surface area (TPSA) is 69.7 Å². The number of rotatable bonds is 5. The Morgan fingerprint density at radius 1 is 1.21 bits per heavy atom. The lowest BCUT2D eigenvalue weighted by Crippen LogP contribution is -2.44. The van der Waals surface area contributed by atoms with E-state index in [1.54, 1.807) is 6.92 Å². The van der Waals surface area contributed by atoms with Gasteiger partial charge in [-0.25, -0.2) is 8.78 Å². The standard InChI is InChI=1S/C11H18F2O5S/c1-3-17-9(14)10(8-18-19(2,15)16)4-6-11(12,13)7-5-10/h3-8H2,1-2H3. The maximum Gasteiger partial charge on any atom is 0.314 e. The van der Waals surface area contributed by atoms with Crippen molar-refractivity contribution in [1.82, 2.24) is 0 Å². The van der Waals surface area contributed by atoms with E-state index < -0.39 is 46.9 Å². The smallest absolute Gasteiger partial charge is 0.314 e. The molecule has 0 amide bonds. The molecule has 112 valence electrons. The Morgan fingerprint density at radius 3 is 2.16 bits per heavy atom. The Labute approximate surface area is 111 Å². The van der Waals surface area contributed by atoms with Crippen molar-refractivity contribution in [2.75, 3.05) is 19.5 Å². The first-order valence-corrected chi connectivity index (χ1v) is 7.81. The molecule has 1 fully saturated rings. The number of esters is 1. The number of hydrogen-bond donors (Lipinski definition) is 0. The van der Waals surface area contributed by atoms with Crippen LogP contribution in [0.1, 0.15) is 32.6 Å². The molecule has 0 aromatic carbocycles. The van der Waals surface area contributed by atoms with E-state index in [-0.39, 0.29) is 19.4 Å². The molecule has 0 heterocycles. The number of hydrogen-bond acceptors (Lipinski definition) is 5. The van der Waals surface area contributed by atoms with Crippen LogP contribution >= 0.6 is 0 Å². The lowest BCUT2D eigenvalue weighted by Gasteiger charge is -2.37. The highest BCUT2D eigenvalue weighted by Gasteiger charge is 2.49. The summed E-state index contributed by atoms with van der Waals surface area (Å²) >= 11 is 0. The summed E-state index contributed by atoms with van der Waals surface area (Å²) in [7, 11) is -3.73. The molecule has 0 aromatic rings. The number of carbonyl (C=O) groups excluding carboxylic acids is 1. The van der Waals surface area contributed by atoms with E-state index in [1.807, 2.05) is 0 Å². The number of alkyl halides is 2. The highest BCUT2D eigenvalue weighted by Crippen LogP contribution is 2.44. The minimum atomic E-state index is -3.73. The fourth-order valence-electron chi connectivity index (χ4n) is 2.01. The Hall–Kier alpha value is -0.760. The van der Waals surface area contributed by atoms with Crippen LogP contribution in [0.25, 0.3) is 0 Å². The van der Waals surface area contributed by atoms with Crippen LogP contribution in [-0.2, 0) is 23.8 Å². The van der Waals surface area contributed by atoms with Crippen LogP contribution in [0.15, 0.2) is 0 Å². The molecule has 0 saturated heterocycles. The predicted molar refractivity (Wildman–Crippen MR) is 63.3 cm³/mol. The molecule has 0 spiro atoms. The molecule has 1 saturated carbocycles. The SMILES string of the molecule is CCOC(=O)C1(COS(C)(=O)=O)CCC(F)(F)CC1. The van der Waals surface area contributed by atoms with Crippen molar-refractivity contribution in [2.24, 2.45) is 5.41 Å². The molecule has 8 heteroatoms. The molecule has 1 aliphatic rings. The van der Waals surface area contributed by atoms with Gasteiger partial charge in [0.15, 0.2) is 0 Å². The quantitative estimate of drug-likeness (QED) is 0.571. The minimum Gasteiger partial charge on any atom is -0.465 e. The van der Waals surface area contributed by atoms with Gasteiger partial charge in [0.1, 0.15) is 0 Å². The van der Waals surface area contributed by atoms with E-state index >= 15 is 0 Å². The molecule has 1 rings (SSSR count). The Bertz CT molecular complexity index is 422. The van der Waals surface area contributed by atoms with Gasteiger partial charge in [-0.3, -0.25) is 8.98 Å². The molecular formula is C11H18F2O5S. The Morgan fingerprint density at radius 2 is 1.74 bits per heavy atom. The van der Waals surface area contributed by atoms with Crippen molar-refractivity contribution in [1.29, 1.82) is 0 Å². The van der Waals surface area contributed by atoms with Crippen molar-refractivity contribution in [3.63, 3.8) is 0 Å². The molecule has 5 nitrogen and oxygen atoms in total. The number of ether oxygens (including phenoxy) is 1. The maximum absolute atomic E-state index is 13.2. The van der Waals surface area contributed by atoms with E-state index in [4.69, 9.17) is 4.74 Å². The van der Waals surface area contributed by atoms with Crippen LogP contribution in [0.5, 0.6) is 0 Å². The third kappa shape index (κ3) is 4.68. The van der Waals surface area contributed by atoms with Gasteiger partial charge in [0, 0.05) is 12.8 Å². The summed E-state index contributed by atoms with van der Waals surface area (Å²) in [6.07, 6.45) is -0.385. The van der Waals surface area contributed by atoms with Crippen molar-refractivity contribution < 1.29 is 30.9 Å². The first-order chi connectivity index (χ1) is 8.60. The zero-order chi connectivity index (χ0) is 14.7. The van der Waals surface area contributed by atoms with Crippen molar-refractivity contribution in [3.8, 4) is 0 Å². The summed E-state index contributed by atoms with van der Waals surface area (Å²) in [5.41, 5.74) is -1.29. The number of halogens is 2. The summed E-state index contributed by atoms with van der Waals surface area (Å²) in [5, 5.41) is 0. The minimum absolute atomic E-state index is 0.107. The molecule has 1 aliphatic carbocycles. The average molecular weight is 300 g/mol. The van der Waals surface area contributed by atoms with Crippen LogP contribution in [0, 0.1) is 5.41 Å². The molecule has 0 atom stereocenters. The zero-order valence-electron chi connectivity index (χ0n) is 10.9. The average Bonchev–Trinajstić information content (AvgIpc) is 2.27. The van der Waals surface area contributed by atoms with E-state index in [1.165, 1.54) is 0 Å². The van der Waals surface area contributed by atoms with Crippen LogP contribution < -0.4 is 0 Å². The largest absolute Gasteiger partial charge is 0.465 e. The highest BCUT2D eigenvalue weighted by atomic mass is 32.2. The third-order valence-corrected chi connectivity index (χ3v) is 3.74. The summed E-state index contributed by atoms with van der Waals surface area (Å²) in [6, 6.07) is 0. The second-order valence-electron chi connectivity index (χ2n) is 4.82. The van der Waals surface area contributed by atoms with Gasteiger partial charge in [-0.2, -0.15) is 8.42 Å². The fourth-order valence-corrected chi connectivity index (χ4v) is 2.45. The molecule has 19 heavy (non-hydrogen) atoms. The lowest BCUT2D eigenvalue weighted by molar-refractivity contribution is -0.165. The summed E-state index contributed by atoms with van der Waals surface area (Å²) in [4.78, 5) is 11.9. The summed E-state index contributed by atoms with van der Waals surface area (Å²) in [5.74, 6) is -3.49. The molecular weight excluding hydrogens is 282 g/mol. The van der Waals surface area contributed by atoms with Crippen molar-refractivity contribution >= 4 is 16.1 Å². The van der Waals surface area contributed by atoms with Gasteiger partial charge in [0.25, 0.3) is 10.1 Å². The number of carbonyl (C=O) groups is 1. The molecule has 0 unspecified atom stereocenters. The Kier molecular flexibility index (Phi) is 4.89. The van der Waals surface area contributed by atoms with Gasteiger partial charge in [-0.15, -0.1) is 0 Å². The second-order valence-corrected chi connectivity index (χ2v) is 6.47. The monoisotopic (exact) mass is 300 g/mol. The molecule has 0 aromatic heterocycles. The van der Waals surface area contributed by atoms with E-state index in [2.05, 4.69) is 4.18 Å². The van der Waals surface area contributed by atoms with Crippen molar-refractivity contribution in [2.45, 2.75) is 38.5 Å². The summed E-state index contributed by atoms with van der Waals surface area (Å²) < 4.78 is 57.8. The molecule has 0 aliphatic heterocycles. The lowest BCUT2D eigenvalue weighted by atomic mass is 9.73. The van der Waals surface area contributed by atoms with Gasteiger partial charge >= 0.3 is 5.97 Å². The van der Waals surface area contributed by atoms with E-state index in [0.717, 1.165) is 6.26 Å². The molecule has 0 N–H and O–H groups in total. The fraction of sp³-hybridized carbons (Fsp3) is 0.909. The van der Waals surface area contributed by atoms with Crippen LogP contribution in [-0.4, -0.2) is 39.8 Å². The van der Waals surface area contributed by atoms with Gasteiger partial charge in [0.2, 0.25) is 5.92 Å². The van der Waals surface area contributed by atoms with Gasteiger partial charge in [-0.1, -0.05) is 0 Å². The second kappa shape index (κ2) is 5.70. The predicted octanol–water partition coefficient (Wildman–Crippen LogP) is 1.72. The zero-order valence-corrected chi connectivity index (χ0v) is 11.8. The first kappa shape index (κ1) is 16.3. The first-order valence-electron chi connectivity index (χ1n) is 6.00. The molecule has 0 bridgehead atoms. The maximum atomic E-state index is 13.2. The summed E-state index contributed by atoms with van der Waals surface area (Å²) in [6.45, 7) is 1.26. The van der Waals surface area contributed by atoms with Crippen LogP contribution in [0.3, 0.4) is 0 Å². The van der Waals surface area contributed by atoms with Gasteiger partial charge < -0.3 is 4.74 Å². The van der Waals surface area contributed by atoms with Crippen LogP contribution in [0.2, 0.25) is 0 Å². The van der Waals surface area contributed by atoms with E-state index in [0.29, 0.717) is 0 Å². The Balaban J connectivity index is 2.83. The van der Waals surface area contributed by atoms with Crippen LogP contribution in [0.4, 0.5) is 8.78 Å². The van der Waals surface area contributed by atoms with Crippen molar-refractivity contribution in [3.05, 3.63) is 0 Å². The van der Waals surface area contributed by atoms with Gasteiger partial charge in [0.05, 0.1) is 24.9 Å².